The summed E-state index contributed by atoms with van der Waals surface area (Å²) in [6.45, 7) is 5.91. The minimum absolute atomic E-state index is 0. The molecule has 1 heterocycles. The maximum Gasteiger partial charge on any atom is 0.223 e. The zero-order valence-corrected chi connectivity index (χ0v) is 13.0. The van der Waals surface area contributed by atoms with Crippen LogP contribution in [0.2, 0.25) is 0 Å². The molecule has 0 saturated carbocycles. The number of rotatable bonds is 5. The predicted molar refractivity (Wildman–Crippen MR) is 82.3 cm³/mol. The van der Waals surface area contributed by atoms with E-state index in [2.05, 4.69) is 10.6 Å². The highest BCUT2D eigenvalue weighted by Gasteiger charge is 2.29. The van der Waals surface area contributed by atoms with Crippen molar-refractivity contribution in [2.45, 2.75) is 19.9 Å². The van der Waals surface area contributed by atoms with Crippen LogP contribution in [0.15, 0.2) is 24.3 Å². The van der Waals surface area contributed by atoms with E-state index in [1.165, 1.54) is 0 Å². The quantitative estimate of drug-likeness (QED) is 0.876. The third-order valence-electron chi connectivity index (χ3n) is 3.91. The summed E-state index contributed by atoms with van der Waals surface area (Å²) >= 11 is 0. The van der Waals surface area contributed by atoms with Gasteiger partial charge in [0, 0.05) is 5.92 Å². The lowest BCUT2D eigenvalue weighted by atomic mass is 9.88. The van der Waals surface area contributed by atoms with E-state index in [9.17, 15) is 4.79 Å². The van der Waals surface area contributed by atoms with Crippen LogP contribution in [0.1, 0.15) is 25.5 Å². The number of hydrogen-bond acceptors (Lipinski definition) is 3. The molecule has 0 radical (unpaired) electrons. The van der Waals surface area contributed by atoms with Crippen LogP contribution < -0.4 is 15.4 Å². The number of benzene rings is 1. The monoisotopic (exact) mass is 298 g/mol. The molecule has 112 valence electrons. The van der Waals surface area contributed by atoms with Gasteiger partial charge in [0.1, 0.15) is 5.75 Å². The van der Waals surface area contributed by atoms with Gasteiger partial charge in [0.15, 0.2) is 0 Å². The summed E-state index contributed by atoms with van der Waals surface area (Å²) in [7, 11) is 1.65. The molecule has 2 unspecified atom stereocenters. The molecule has 1 aromatic carbocycles. The van der Waals surface area contributed by atoms with Gasteiger partial charge in [-0.1, -0.05) is 19.1 Å². The number of amides is 1. The molecule has 0 bridgehead atoms. The van der Waals surface area contributed by atoms with Crippen LogP contribution in [0.25, 0.3) is 0 Å². The molecule has 0 aromatic heterocycles. The van der Waals surface area contributed by atoms with Gasteiger partial charge >= 0.3 is 0 Å². The Bertz CT molecular complexity index is 432. The van der Waals surface area contributed by atoms with Gasteiger partial charge in [-0.2, -0.15) is 0 Å². The molecule has 2 N–H and O–H groups in total. The first-order chi connectivity index (χ1) is 9.11. The third kappa shape index (κ3) is 3.87. The fourth-order valence-electron chi connectivity index (χ4n) is 2.20. The molecule has 2 atom stereocenters. The van der Waals surface area contributed by atoms with E-state index in [0.717, 1.165) is 24.4 Å². The first-order valence-corrected chi connectivity index (χ1v) is 6.77. The molecule has 1 fully saturated rings. The minimum atomic E-state index is 0. The molecule has 0 spiro atoms. The van der Waals surface area contributed by atoms with Crippen LogP contribution in [-0.4, -0.2) is 26.1 Å². The largest absolute Gasteiger partial charge is 0.497 e. The third-order valence-corrected chi connectivity index (χ3v) is 3.91. The van der Waals surface area contributed by atoms with Crippen LogP contribution in [0.4, 0.5) is 0 Å². The van der Waals surface area contributed by atoms with E-state index in [0.29, 0.717) is 5.92 Å². The van der Waals surface area contributed by atoms with Crippen molar-refractivity contribution in [3.63, 3.8) is 0 Å². The van der Waals surface area contributed by atoms with Crippen LogP contribution in [0.3, 0.4) is 0 Å². The second-order valence-corrected chi connectivity index (χ2v) is 5.21. The number of hydrogen-bond donors (Lipinski definition) is 2. The maximum absolute atomic E-state index is 12.1. The van der Waals surface area contributed by atoms with Gasteiger partial charge in [-0.15, -0.1) is 12.4 Å². The zero-order chi connectivity index (χ0) is 13.8. The number of carbonyl (C=O) groups excluding carboxylic acids is 1. The van der Waals surface area contributed by atoms with Crippen molar-refractivity contribution in [3.05, 3.63) is 29.8 Å². The highest BCUT2D eigenvalue weighted by Crippen LogP contribution is 2.20. The fourth-order valence-corrected chi connectivity index (χ4v) is 2.20. The standard InChI is InChI=1S/C15H22N2O2.ClH/c1-10(13-8-16-9-13)15(18)17-11(2)12-4-6-14(19-3)7-5-12;/h4-7,10-11,13,16H,8-9H2,1-3H3,(H,17,18);1H. The van der Waals surface area contributed by atoms with Gasteiger partial charge in [-0.3, -0.25) is 4.79 Å². The van der Waals surface area contributed by atoms with Gasteiger partial charge < -0.3 is 15.4 Å². The Morgan fingerprint density at radius 3 is 2.35 bits per heavy atom. The zero-order valence-electron chi connectivity index (χ0n) is 12.2. The SMILES string of the molecule is COc1ccc(C(C)NC(=O)C(C)C2CNC2)cc1.Cl. The molecule has 1 amide bonds. The van der Waals surface area contributed by atoms with Crippen molar-refractivity contribution in [3.8, 4) is 5.75 Å². The summed E-state index contributed by atoms with van der Waals surface area (Å²) in [4.78, 5) is 12.1. The van der Waals surface area contributed by atoms with Crippen LogP contribution in [-0.2, 0) is 4.79 Å². The number of halogens is 1. The fraction of sp³-hybridized carbons (Fsp3) is 0.533. The molecule has 1 aliphatic rings. The van der Waals surface area contributed by atoms with Gasteiger partial charge in [0.05, 0.1) is 13.2 Å². The summed E-state index contributed by atoms with van der Waals surface area (Å²) in [5.41, 5.74) is 1.09. The first kappa shape index (κ1) is 16.8. The minimum Gasteiger partial charge on any atom is -0.497 e. The normalized spacial score (nSPS) is 17.4. The van der Waals surface area contributed by atoms with Crippen molar-refractivity contribution < 1.29 is 9.53 Å². The van der Waals surface area contributed by atoms with Gasteiger partial charge in [0.2, 0.25) is 5.91 Å². The number of carbonyl (C=O) groups is 1. The van der Waals surface area contributed by atoms with Crippen molar-refractivity contribution in [2.24, 2.45) is 11.8 Å². The molecule has 4 nitrogen and oxygen atoms in total. The van der Waals surface area contributed by atoms with Crippen molar-refractivity contribution in [1.29, 1.82) is 0 Å². The molecule has 0 aliphatic carbocycles. The molecular formula is C15H23ClN2O2. The predicted octanol–water partition coefficient (Wildman–Crippen LogP) is 2.15. The molecule has 5 heteroatoms. The average molecular weight is 299 g/mol. The Kier molecular flexibility index (Phi) is 6.30. The smallest absolute Gasteiger partial charge is 0.223 e. The van der Waals surface area contributed by atoms with Crippen LogP contribution in [0, 0.1) is 11.8 Å². The molecular weight excluding hydrogens is 276 g/mol. The van der Waals surface area contributed by atoms with E-state index in [1.54, 1.807) is 7.11 Å². The Morgan fingerprint density at radius 1 is 1.30 bits per heavy atom. The van der Waals surface area contributed by atoms with E-state index in [-0.39, 0.29) is 30.3 Å². The number of methoxy groups -OCH3 is 1. The Labute approximate surface area is 126 Å². The summed E-state index contributed by atoms with van der Waals surface area (Å²) < 4.78 is 5.13. The van der Waals surface area contributed by atoms with Gasteiger partial charge in [-0.25, -0.2) is 0 Å². The van der Waals surface area contributed by atoms with E-state index in [1.807, 2.05) is 38.1 Å². The topological polar surface area (TPSA) is 50.4 Å². The Hall–Kier alpha value is -1.26. The molecule has 1 aliphatic heterocycles. The molecule has 2 rings (SSSR count). The first-order valence-electron chi connectivity index (χ1n) is 6.77. The second-order valence-electron chi connectivity index (χ2n) is 5.21. The summed E-state index contributed by atoms with van der Waals surface area (Å²) in [6.07, 6.45) is 0. The number of nitrogens with one attached hydrogen (secondary N) is 2. The second kappa shape index (κ2) is 7.50. The van der Waals surface area contributed by atoms with E-state index in [4.69, 9.17) is 4.74 Å². The lowest BCUT2D eigenvalue weighted by Gasteiger charge is -2.32. The lowest BCUT2D eigenvalue weighted by molar-refractivity contribution is -0.127. The molecule has 1 saturated heterocycles. The van der Waals surface area contributed by atoms with Gasteiger partial charge in [-0.05, 0) is 43.6 Å². The van der Waals surface area contributed by atoms with Crippen LogP contribution >= 0.6 is 12.4 Å². The molecule has 1 aromatic rings. The summed E-state index contributed by atoms with van der Waals surface area (Å²) in [6, 6.07) is 7.82. The van der Waals surface area contributed by atoms with Crippen molar-refractivity contribution >= 4 is 18.3 Å². The van der Waals surface area contributed by atoms with Gasteiger partial charge in [0.25, 0.3) is 0 Å². The van der Waals surface area contributed by atoms with Crippen LogP contribution in [0.5, 0.6) is 5.75 Å². The van der Waals surface area contributed by atoms with E-state index >= 15 is 0 Å². The Morgan fingerprint density at radius 2 is 1.90 bits per heavy atom. The number of ether oxygens (including phenoxy) is 1. The highest BCUT2D eigenvalue weighted by molar-refractivity contribution is 5.85. The van der Waals surface area contributed by atoms with E-state index < -0.39 is 0 Å². The van der Waals surface area contributed by atoms with Crippen molar-refractivity contribution in [1.82, 2.24) is 10.6 Å². The maximum atomic E-state index is 12.1. The summed E-state index contributed by atoms with van der Waals surface area (Å²) in [5.74, 6) is 1.51. The van der Waals surface area contributed by atoms with Crippen molar-refractivity contribution in [2.75, 3.05) is 20.2 Å². The summed E-state index contributed by atoms with van der Waals surface area (Å²) in [5, 5.41) is 6.28. The Balaban J connectivity index is 0.00000200. The average Bonchev–Trinajstić information content (AvgIpc) is 2.36. The highest BCUT2D eigenvalue weighted by atomic mass is 35.5. The molecule has 20 heavy (non-hydrogen) atoms. The lowest BCUT2D eigenvalue weighted by Crippen LogP contribution is -2.49.